The van der Waals surface area contributed by atoms with Gasteiger partial charge in [0.15, 0.2) is 0 Å². The van der Waals surface area contributed by atoms with Crippen LogP contribution in [-0.2, 0) is 14.8 Å². The van der Waals surface area contributed by atoms with E-state index in [0.29, 0.717) is 11.5 Å². The van der Waals surface area contributed by atoms with Crippen LogP contribution in [0.3, 0.4) is 0 Å². The molecule has 124 valence electrons. The molecule has 0 aliphatic heterocycles. The van der Waals surface area contributed by atoms with E-state index in [1.807, 2.05) is 30.3 Å². The summed E-state index contributed by atoms with van der Waals surface area (Å²) in [6, 6.07) is 10.8. The van der Waals surface area contributed by atoms with E-state index in [-0.39, 0.29) is 12.5 Å². The molecule has 2 rings (SSSR count). The number of aryl methyl sites for hydroxylation is 1. The van der Waals surface area contributed by atoms with Gasteiger partial charge < -0.3 is 4.90 Å². The van der Waals surface area contributed by atoms with E-state index >= 15 is 0 Å². The van der Waals surface area contributed by atoms with Gasteiger partial charge in [0.25, 0.3) is 0 Å². The molecule has 0 N–H and O–H groups in total. The summed E-state index contributed by atoms with van der Waals surface area (Å²) in [6.07, 6.45) is 1.08. The van der Waals surface area contributed by atoms with Crippen LogP contribution in [0.4, 0.5) is 5.82 Å². The number of nitrogens with zero attached hydrogens (tertiary/aromatic N) is 4. The number of hydrogen-bond acceptors (Lipinski definition) is 4. The number of sulfonamides is 1. The standard InChI is InChI=1S/C15H20N4O3S/c1-12-10-14(19(16-12)13-8-6-5-7-9-13)18(23(4,21)22)11-15(20)17(2)3/h5-10H,11H2,1-4H3. The quantitative estimate of drug-likeness (QED) is 0.817. The lowest BCUT2D eigenvalue weighted by Gasteiger charge is -2.23. The molecular weight excluding hydrogens is 316 g/mol. The van der Waals surface area contributed by atoms with Crippen molar-refractivity contribution >= 4 is 21.7 Å². The maximum Gasteiger partial charge on any atom is 0.242 e. The predicted octanol–water partition coefficient (Wildman–Crippen LogP) is 1.03. The van der Waals surface area contributed by atoms with Crippen LogP contribution in [-0.4, -0.2) is 55.9 Å². The van der Waals surface area contributed by atoms with Gasteiger partial charge in [0.2, 0.25) is 15.9 Å². The molecule has 0 spiro atoms. The van der Waals surface area contributed by atoms with Crippen LogP contribution in [0, 0.1) is 6.92 Å². The number of carbonyl (C=O) groups is 1. The lowest BCUT2D eigenvalue weighted by Crippen LogP contribution is -2.40. The topological polar surface area (TPSA) is 75.5 Å². The summed E-state index contributed by atoms with van der Waals surface area (Å²) in [4.78, 5) is 13.4. The highest BCUT2D eigenvalue weighted by Gasteiger charge is 2.26. The second kappa shape index (κ2) is 6.41. The highest BCUT2D eigenvalue weighted by atomic mass is 32.2. The summed E-state index contributed by atoms with van der Waals surface area (Å²) < 4.78 is 27.0. The molecule has 1 aromatic carbocycles. The molecule has 7 nitrogen and oxygen atoms in total. The molecule has 0 atom stereocenters. The zero-order valence-electron chi connectivity index (χ0n) is 13.6. The Morgan fingerprint density at radius 2 is 1.83 bits per heavy atom. The third-order valence-electron chi connectivity index (χ3n) is 3.25. The van der Waals surface area contributed by atoms with Gasteiger partial charge in [-0.15, -0.1) is 0 Å². The molecule has 0 bridgehead atoms. The maximum absolute atomic E-state index is 12.2. The van der Waals surface area contributed by atoms with Gasteiger partial charge in [0.1, 0.15) is 12.4 Å². The molecule has 0 unspecified atom stereocenters. The van der Waals surface area contributed by atoms with Crippen molar-refractivity contribution in [2.75, 3.05) is 31.2 Å². The van der Waals surface area contributed by atoms with Crippen molar-refractivity contribution < 1.29 is 13.2 Å². The minimum absolute atomic E-state index is 0.274. The summed E-state index contributed by atoms with van der Waals surface area (Å²) in [5.74, 6) is 0.0280. The largest absolute Gasteiger partial charge is 0.347 e. The van der Waals surface area contributed by atoms with E-state index in [1.54, 1.807) is 27.1 Å². The smallest absolute Gasteiger partial charge is 0.242 e. The van der Waals surface area contributed by atoms with E-state index in [0.717, 1.165) is 16.2 Å². The Balaban J connectivity index is 2.54. The number of aromatic nitrogens is 2. The van der Waals surface area contributed by atoms with Gasteiger partial charge in [-0.3, -0.25) is 4.79 Å². The van der Waals surface area contributed by atoms with Crippen molar-refractivity contribution in [3.8, 4) is 5.69 Å². The predicted molar refractivity (Wildman–Crippen MR) is 89.2 cm³/mol. The first-order chi connectivity index (χ1) is 10.7. The van der Waals surface area contributed by atoms with Crippen molar-refractivity contribution in [2.24, 2.45) is 0 Å². The molecule has 0 radical (unpaired) electrons. The molecule has 0 saturated heterocycles. The number of para-hydroxylation sites is 1. The van der Waals surface area contributed by atoms with Crippen LogP contribution in [0.2, 0.25) is 0 Å². The minimum Gasteiger partial charge on any atom is -0.347 e. The van der Waals surface area contributed by atoms with E-state index in [1.165, 1.54) is 9.58 Å². The van der Waals surface area contributed by atoms with E-state index in [2.05, 4.69) is 5.10 Å². The van der Waals surface area contributed by atoms with Crippen LogP contribution in [0.25, 0.3) is 5.69 Å². The monoisotopic (exact) mass is 336 g/mol. The third-order valence-corrected chi connectivity index (χ3v) is 4.36. The molecule has 8 heteroatoms. The number of benzene rings is 1. The average Bonchev–Trinajstić information content (AvgIpc) is 2.85. The van der Waals surface area contributed by atoms with E-state index < -0.39 is 10.0 Å². The highest BCUT2D eigenvalue weighted by molar-refractivity contribution is 7.92. The molecule has 1 amide bonds. The molecule has 23 heavy (non-hydrogen) atoms. The van der Waals surface area contributed by atoms with Crippen molar-refractivity contribution in [3.05, 3.63) is 42.1 Å². The van der Waals surface area contributed by atoms with Crippen LogP contribution >= 0.6 is 0 Å². The van der Waals surface area contributed by atoms with Gasteiger partial charge in [-0.1, -0.05) is 18.2 Å². The molecule has 0 fully saturated rings. The zero-order valence-corrected chi connectivity index (χ0v) is 14.4. The molecule has 1 heterocycles. The molecule has 0 aliphatic rings. The minimum atomic E-state index is -3.64. The number of anilines is 1. The second-order valence-electron chi connectivity index (χ2n) is 5.45. The third kappa shape index (κ3) is 3.89. The Morgan fingerprint density at radius 3 is 2.35 bits per heavy atom. The summed E-state index contributed by atoms with van der Waals surface area (Å²) >= 11 is 0. The Kier molecular flexibility index (Phi) is 4.74. The van der Waals surface area contributed by atoms with Gasteiger partial charge >= 0.3 is 0 Å². The summed E-state index contributed by atoms with van der Waals surface area (Å²) in [7, 11) is -0.467. The average molecular weight is 336 g/mol. The van der Waals surface area contributed by atoms with Crippen LogP contribution in [0.1, 0.15) is 5.69 Å². The maximum atomic E-state index is 12.2. The Labute approximate surface area is 136 Å². The van der Waals surface area contributed by atoms with Crippen LogP contribution < -0.4 is 4.31 Å². The van der Waals surface area contributed by atoms with E-state index in [4.69, 9.17) is 0 Å². The Morgan fingerprint density at radius 1 is 1.22 bits per heavy atom. The van der Waals surface area contributed by atoms with Gasteiger partial charge in [-0.25, -0.2) is 17.4 Å². The summed E-state index contributed by atoms with van der Waals surface area (Å²) in [6.45, 7) is 1.50. The van der Waals surface area contributed by atoms with Gasteiger partial charge in [0.05, 0.1) is 17.6 Å². The lowest BCUT2D eigenvalue weighted by atomic mass is 10.3. The number of amides is 1. The SMILES string of the molecule is Cc1cc(N(CC(=O)N(C)C)S(C)(=O)=O)n(-c2ccccc2)n1. The fourth-order valence-electron chi connectivity index (χ4n) is 2.06. The molecule has 1 aromatic heterocycles. The van der Waals surface area contributed by atoms with Gasteiger partial charge in [0, 0.05) is 20.2 Å². The first-order valence-corrected chi connectivity index (χ1v) is 8.85. The van der Waals surface area contributed by atoms with Gasteiger partial charge in [-0.05, 0) is 19.1 Å². The molecule has 0 saturated carbocycles. The van der Waals surface area contributed by atoms with Crippen molar-refractivity contribution in [1.29, 1.82) is 0 Å². The van der Waals surface area contributed by atoms with Gasteiger partial charge in [-0.2, -0.15) is 5.10 Å². The number of hydrogen-bond donors (Lipinski definition) is 0. The number of likely N-dealkylation sites (N-methyl/N-ethyl adjacent to an activating group) is 1. The Bertz CT molecular complexity index is 797. The highest BCUT2D eigenvalue weighted by Crippen LogP contribution is 2.23. The second-order valence-corrected chi connectivity index (χ2v) is 7.36. The first kappa shape index (κ1) is 17.0. The van der Waals surface area contributed by atoms with Crippen LogP contribution in [0.15, 0.2) is 36.4 Å². The van der Waals surface area contributed by atoms with E-state index in [9.17, 15) is 13.2 Å². The lowest BCUT2D eigenvalue weighted by molar-refractivity contribution is -0.127. The number of rotatable bonds is 5. The molecule has 2 aromatic rings. The van der Waals surface area contributed by atoms with Crippen LogP contribution in [0.5, 0.6) is 0 Å². The van der Waals surface area contributed by atoms with Crippen molar-refractivity contribution in [1.82, 2.24) is 14.7 Å². The molecule has 0 aliphatic carbocycles. The van der Waals surface area contributed by atoms with Crippen molar-refractivity contribution in [2.45, 2.75) is 6.92 Å². The zero-order chi connectivity index (χ0) is 17.2. The summed E-state index contributed by atoms with van der Waals surface area (Å²) in [5, 5.41) is 4.35. The Hall–Kier alpha value is -2.35. The number of carbonyl (C=O) groups excluding carboxylic acids is 1. The van der Waals surface area contributed by atoms with Crippen molar-refractivity contribution in [3.63, 3.8) is 0 Å². The summed E-state index contributed by atoms with van der Waals surface area (Å²) in [5.41, 5.74) is 1.39. The molecular formula is C15H20N4O3S. The normalized spacial score (nSPS) is 11.3. The first-order valence-electron chi connectivity index (χ1n) is 7.00. The fourth-order valence-corrected chi connectivity index (χ4v) is 2.87. The fraction of sp³-hybridized carbons (Fsp3) is 0.333.